The first-order chi connectivity index (χ1) is 9.69. The summed E-state index contributed by atoms with van der Waals surface area (Å²) in [5.74, 6) is -0.158. The van der Waals surface area contributed by atoms with Crippen molar-refractivity contribution in [2.45, 2.75) is 64.8 Å². The molecule has 0 aliphatic rings. The Morgan fingerprint density at radius 1 is 1.10 bits per heavy atom. The van der Waals surface area contributed by atoms with Gasteiger partial charge in [-0.2, -0.15) is 0 Å². The van der Waals surface area contributed by atoms with Crippen molar-refractivity contribution in [3.05, 3.63) is 34.1 Å². The van der Waals surface area contributed by atoms with Crippen LogP contribution < -0.4 is 5.32 Å². The van der Waals surface area contributed by atoms with Crippen LogP contribution in [0.1, 0.15) is 70.4 Å². The van der Waals surface area contributed by atoms with Crippen molar-refractivity contribution >= 4 is 15.9 Å². The Hall–Kier alpha value is -0.410. The van der Waals surface area contributed by atoms with E-state index in [1.165, 1.54) is 44.6 Å². The molecule has 0 aliphatic carbocycles. The van der Waals surface area contributed by atoms with E-state index in [0.717, 1.165) is 23.0 Å². The molecule has 1 rings (SSSR count). The average Bonchev–Trinajstić information content (AvgIpc) is 2.44. The largest absolute Gasteiger partial charge is 0.310 e. The van der Waals surface area contributed by atoms with E-state index in [1.54, 1.807) is 12.1 Å². The van der Waals surface area contributed by atoms with E-state index in [2.05, 4.69) is 35.1 Å². The smallest absolute Gasteiger partial charge is 0.123 e. The standard InChI is InChI=1S/C17H27BrFN/c1-3-5-6-7-8-9-10-17(20-4-2)15-13-14(19)11-12-16(15)18/h11-13,17,20H,3-10H2,1-2H3. The maximum atomic E-state index is 13.4. The lowest BCUT2D eigenvalue weighted by Crippen LogP contribution is -2.21. The maximum Gasteiger partial charge on any atom is 0.123 e. The number of hydrogen-bond donors (Lipinski definition) is 1. The van der Waals surface area contributed by atoms with E-state index in [1.807, 2.05) is 0 Å². The Balaban J connectivity index is 2.49. The quantitative estimate of drug-likeness (QED) is 0.514. The van der Waals surface area contributed by atoms with Gasteiger partial charge < -0.3 is 5.32 Å². The lowest BCUT2D eigenvalue weighted by molar-refractivity contribution is 0.473. The lowest BCUT2D eigenvalue weighted by atomic mass is 9.99. The predicted molar refractivity (Wildman–Crippen MR) is 88.5 cm³/mol. The Bertz CT molecular complexity index is 381. The normalized spacial score (nSPS) is 12.6. The molecule has 20 heavy (non-hydrogen) atoms. The van der Waals surface area contributed by atoms with Crippen molar-refractivity contribution in [2.24, 2.45) is 0 Å². The Morgan fingerprint density at radius 3 is 2.50 bits per heavy atom. The first kappa shape index (κ1) is 17.6. The van der Waals surface area contributed by atoms with Gasteiger partial charge in [0.25, 0.3) is 0 Å². The minimum atomic E-state index is -0.158. The van der Waals surface area contributed by atoms with Crippen molar-refractivity contribution in [1.82, 2.24) is 5.32 Å². The number of nitrogens with one attached hydrogen (secondary N) is 1. The molecular weight excluding hydrogens is 317 g/mol. The first-order valence-corrected chi connectivity index (χ1v) is 8.66. The van der Waals surface area contributed by atoms with Crippen LogP contribution in [0.5, 0.6) is 0 Å². The Labute approximate surface area is 131 Å². The molecule has 1 atom stereocenters. The number of rotatable bonds is 10. The molecule has 1 aromatic carbocycles. The van der Waals surface area contributed by atoms with Crippen LogP contribution in [0.3, 0.4) is 0 Å². The van der Waals surface area contributed by atoms with Gasteiger partial charge in [0.1, 0.15) is 5.82 Å². The van der Waals surface area contributed by atoms with Crippen molar-refractivity contribution in [3.8, 4) is 0 Å². The monoisotopic (exact) mass is 343 g/mol. The van der Waals surface area contributed by atoms with Gasteiger partial charge in [-0.25, -0.2) is 4.39 Å². The number of benzene rings is 1. The molecule has 0 amide bonds. The number of unbranched alkanes of at least 4 members (excludes halogenated alkanes) is 5. The zero-order valence-electron chi connectivity index (χ0n) is 12.7. The van der Waals surface area contributed by atoms with Gasteiger partial charge in [-0.3, -0.25) is 0 Å². The minimum Gasteiger partial charge on any atom is -0.310 e. The molecule has 1 N–H and O–H groups in total. The molecule has 0 heterocycles. The van der Waals surface area contributed by atoms with Gasteiger partial charge >= 0.3 is 0 Å². The molecule has 0 bridgehead atoms. The molecule has 0 aliphatic heterocycles. The summed E-state index contributed by atoms with van der Waals surface area (Å²) < 4.78 is 14.4. The van der Waals surface area contributed by atoms with Gasteiger partial charge in [0.05, 0.1) is 0 Å². The summed E-state index contributed by atoms with van der Waals surface area (Å²) in [4.78, 5) is 0. The van der Waals surface area contributed by atoms with Crippen LogP contribution in [0.4, 0.5) is 4.39 Å². The van der Waals surface area contributed by atoms with Crippen LogP contribution in [-0.2, 0) is 0 Å². The van der Waals surface area contributed by atoms with E-state index in [4.69, 9.17) is 0 Å². The third-order valence-electron chi connectivity index (χ3n) is 3.63. The second-order valence-corrected chi connectivity index (χ2v) is 6.19. The molecule has 0 saturated heterocycles. The summed E-state index contributed by atoms with van der Waals surface area (Å²) in [7, 11) is 0. The molecular formula is C17H27BrFN. The molecule has 1 nitrogen and oxygen atoms in total. The topological polar surface area (TPSA) is 12.0 Å². The van der Waals surface area contributed by atoms with Crippen LogP contribution in [0.25, 0.3) is 0 Å². The number of halogens is 2. The second kappa shape index (κ2) is 10.3. The minimum absolute atomic E-state index is 0.158. The average molecular weight is 344 g/mol. The molecule has 0 saturated carbocycles. The van der Waals surface area contributed by atoms with E-state index in [-0.39, 0.29) is 11.9 Å². The fourth-order valence-corrected chi connectivity index (χ4v) is 3.05. The molecule has 0 fully saturated rings. The zero-order chi connectivity index (χ0) is 14.8. The van der Waals surface area contributed by atoms with Crippen molar-refractivity contribution < 1.29 is 4.39 Å². The zero-order valence-corrected chi connectivity index (χ0v) is 14.3. The van der Waals surface area contributed by atoms with E-state index in [9.17, 15) is 4.39 Å². The summed E-state index contributed by atoms with van der Waals surface area (Å²) in [6.07, 6.45) is 8.83. The molecule has 0 spiro atoms. The first-order valence-electron chi connectivity index (χ1n) is 7.87. The highest BCUT2D eigenvalue weighted by Gasteiger charge is 2.14. The lowest BCUT2D eigenvalue weighted by Gasteiger charge is -2.20. The SMILES string of the molecule is CCCCCCCCC(NCC)c1cc(F)ccc1Br. The van der Waals surface area contributed by atoms with Gasteiger partial charge in [-0.1, -0.05) is 68.3 Å². The molecule has 0 radical (unpaired) electrons. The predicted octanol–water partition coefficient (Wildman–Crippen LogP) is 5.99. The third-order valence-corrected chi connectivity index (χ3v) is 4.35. The van der Waals surface area contributed by atoms with Crippen molar-refractivity contribution in [1.29, 1.82) is 0 Å². The number of hydrogen-bond acceptors (Lipinski definition) is 1. The van der Waals surface area contributed by atoms with E-state index >= 15 is 0 Å². The van der Waals surface area contributed by atoms with Gasteiger partial charge in [-0.15, -0.1) is 0 Å². The van der Waals surface area contributed by atoms with Crippen LogP contribution >= 0.6 is 15.9 Å². The highest BCUT2D eigenvalue weighted by Crippen LogP contribution is 2.28. The van der Waals surface area contributed by atoms with Crippen LogP contribution in [0.15, 0.2) is 22.7 Å². The fourth-order valence-electron chi connectivity index (χ4n) is 2.52. The van der Waals surface area contributed by atoms with Crippen LogP contribution in [0.2, 0.25) is 0 Å². The molecule has 1 aromatic rings. The van der Waals surface area contributed by atoms with Gasteiger partial charge in [0.2, 0.25) is 0 Å². The molecule has 114 valence electrons. The summed E-state index contributed by atoms with van der Waals surface area (Å²) in [5, 5.41) is 3.47. The summed E-state index contributed by atoms with van der Waals surface area (Å²) in [6, 6.07) is 5.20. The van der Waals surface area contributed by atoms with Gasteiger partial charge in [-0.05, 0) is 36.7 Å². The van der Waals surface area contributed by atoms with Crippen molar-refractivity contribution in [3.63, 3.8) is 0 Å². The van der Waals surface area contributed by atoms with Crippen LogP contribution in [0, 0.1) is 5.82 Å². The van der Waals surface area contributed by atoms with Crippen molar-refractivity contribution in [2.75, 3.05) is 6.54 Å². The maximum absolute atomic E-state index is 13.4. The third kappa shape index (κ3) is 6.36. The molecule has 3 heteroatoms. The van der Waals surface area contributed by atoms with Crippen LogP contribution in [-0.4, -0.2) is 6.54 Å². The summed E-state index contributed by atoms with van der Waals surface area (Å²) in [6.45, 7) is 5.24. The summed E-state index contributed by atoms with van der Waals surface area (Å²) >= 11 is 3.54. The highest BCUT2D eigenvalue weighted by molar-refractivity contribution is 9.10. The van der Waals surface area contributed by atoms with Gasteiger partial charge in [0.15, 0.2) is 0 Å². The van der Waals surface area contributed by atoms with Gasteiger partial charge in [0, 0.05) is 10.5 Å². The fraction of sp³-hybridized carbons (Fsp3) is 0.647. The molecule has 0 aromatic heterocycles. The Morgan fingerprint density at radius 2 is 1.80 bits per heavy atom. The summed E-state index contributed by atoms with van der Waals surface area (Å²) in [5.41, 5.74) is 1.04. The second-order valence-electron chi connectivity index (χ2n) is 5.33. The Kier molecular flexibility index (Phi) is 9.12. The highest BCUT2D eigenvalue weighted by atomic mass is 79.9. The van der Waals surface area contributed by atoms with E-state index in [0.29, 0.717) is 0 Å². The van der Waals surface area contributed by atoms with E-state index < -0.39 is 0 Å². The molecule has 1 unspecified atom stereocenters.